The Morgan fingerprint density at radius 3 is 2.83 bits per heavy atom. The Morgan fingerprint density at radius 2 is 2.12 bits per heavy atom. The number of hydrogen-bond donors (Lipinski definition) is 2. The Hall–Kier alpha value is -2.18. The summed E-state index contributed by atoms with van der Waals surface area (Å²) in [6.45, 7) is 3.55. The van der Waals surface area contributed by atoms with E-state index < -0.39 is 5.60 Å². The molecule has 1 unspecified atom stereocenters. The number of nitrogens with zero attached hydrogens (tertiary/aromatic N) is 1. The lowest BCUT2D eigenvalue weighted by Gasteiger charge is -2.21. The van der Waals surface area contributed by atoms with E-state index in [1.807, 2.05) is 31.2 Å². The summed E-state index contributed by atoms with van der Waals surface area (Å²) in [5.41, 5.74) is -0.256. The first-order valence-corrected chi connectivity index (χ1v) is 8.66. The first-order valence-electron chi connectivity index (χ1n) is 7.84. The number of carbonyl (C=O) groups is 1. The number of hydrogen-bond acceptors (Lipinski definition) is 5. The Balaban J connectivity index is 1.52. The molecule has 3 aromatic rings. The Bertz CT molecular complexity index is 818. The predicted molar refractivity (Wildman–Crippen MR) is 94.0 cm³/mol. The van der Waals surface area contributed by atoms with Gasteiger partial charge in [-0.1, -0.05) is 12.1 Å². The highest BCUT2D eigenvalue weighted by Gasteiger charge is 2.27. The minimum absolute atomic E-state index is 0.110. The van der Waals surface area contributed by atoms with Crippen LogP contribution in [0.5, 0.6) is 0 Å². The highest BCUT2D eigenvalue weighted by Crippen LogP contribution is 2.23. The molecule has 24 heavy (non-hydrogen) atoms. The second kappa shape index (κ2) is 6.75. The van der Waals surface area contributed by atoms with Crippen LogP contribution in [0.3, 0.4) is 0 Å². The summed E-state index contributed by atoms with van der Waals surface area (Å²) in [4.78, 5) is 16.6. The lowest BCUT2D eigenvalue weighted by molar-refractivity contribution is -0.122. The molecule has 0 aliphatic rings. The van der Waals surface area contributed by atoms with Crippen LogP contribution < -0.4 is 5.32 Å². The molecule has 2 aromatic heterocycles. The Labute approximate surface area is 144 Å². The van der Waals surface area contributed by atoms with Gasteiger partial charge in [0.1, 0.15) is 17.1 Å². The van der Waals surface area contributed by atoms with Crippen molar-refractivity contribution in [2.24, 2.45) is 0 Å². The van der Waals surface area contributed by atoms with Gasteiger partial charge in [-0.25, -0.2) is 4.98 Å². The van der Waals surface area contributed by atoms with Gasteiger partial charge >= 0.3 is 0 Å². The lowest BCUT2D eigenvalue weighted by atomic mass is 10.0. The number of thiazole rings is 1. The average Bonchev–Trinajstić information content (AvgIpc) is 3.17. The van der Waals surface area contributed by atoms with Gasteiger partial charge in [-0.15, -0.1) is 11.3 Å². The molecule has 1 aromatic carbocycles. The van der Waals surface area contributed by atoms with E-state index in [0.29, 0.717) is 18.6 Å². The van der Waals surface area contributed by atoms with E-state index in [-0.39, 0.29) is 12.5 Å². The minimum Gasteiger partial charge on any atom is -0.463 e. The second-order valence-electron chi connectivity index (χ2n) is 6.04. The maximum atomic E-state index is 12.0. The van der Waals surface area contributed by atoms with E-state index in [1.165, 1.54) is 0 Å². The van der Waals surface area contributed by atoms with E-state index in [2.05, 4.69) is 10.3 Å². The van der Waals surface area contributed by atoms with E-state index in [4.69, 9.17) is 4.42 Å². The number of aryl methyl sites for hydroxylation is 2. The van der Waals surface area contributed by atoms with Gasteiger partial charge < -0.3 is 14.8 Å². The van der Waals surface area contributed by atoms with Gasteiger partial charge in [-0.05, 0) is 38.1 Å². The average molecular weight is 344 g/mol. The van der Waals surface area contributed by atoms with E-state index in [0.717, 1.165) is 21.0 Å². The summed E-state index contributed by atoms with van der Waals surface area (Å²) in [6.07, 6.45) is 0.931. The number of amides is 1. The van der Waals surface area contributed by atoms with Gasteiger partial charge in [-0.3, -0.25) is 4.79 Å². The van der Waals surface area contributed by atoms with Crippen LogP contribution in [-0.2, 0) is 16.8 Å². The van der Waals surface area contributed by atoms with Crippen molar-refractivity contribution in [3.8, 4) is 0 Å². The van der Waals surface area contributed by atoms with Crippen LogP contribution >= 0.6 is 11.3 Å². The predicted octanol–water partition coefficient (Wildman–Crippen LogP) is 3.15. The fraction of sp³-hybridized carbons (Fsp3) is 0.333. The van der Waals surface area contributed by atoms with Crippen LogP contribution in [0.15, 0.2) is 40.8 Å². The molecule has 0 fully saturated rings. The zero-order chi connectivity index (χ0) is 17.2. The Morgan fingerprint density at radius 1 is 1.33 bits per heavy atom. The first kappa shape index (κ1) is 16.7. The number of furan rings is 1. The molecular formula is C18H20N2O3S. The molecule has 1 amide bonds. The third kappa shape index (κ3) is 3.83. The maximum Gasteiger partial charge on any atom is 0.220 e. The number of rotatable bonds is 6. The summed E-state index contributed by atoms with van der Waals surface area (Å²) in [6, 6.07) is 11.4. The number of nitrogens with one attached hydrogen (secondary N) is 1. The highest BCUT2D eigenvalue weighted by atomic mass is 32.1. The summed E-state index contributed by atoms with van der Waals surface area (Å²) in [7, 11) is 0. The third-order valence-electron chi connectivity index (χ3n) is 3.81. The Kier molecular flexibility index (Phi) is 4.69. The van der Waals surface area contributed by atoms with Crippen LogP contribution in [0.2, 0.25) is 0 Å². The summed E-state index contributed by atoms with van der Waals surface area (Å²) in [5, 5.41) is 14.1. The molecule has 5 nitrogen and oxygen atoms in total. The van der Waals surface area contributed by atoms with Gasteiger partial charge in [0.15, 0.2) is 0 Å². The molecule has 0 bridgehead atoms. The molecule has 2 N–H and O–H groups in total. The zero-order valence-corrected chi connectivity index (χ0v) is 14.5. The largest absolute Gasteiger partial charge is 0.463 e. The molecule has 3 rings (SSSR count). The molecule has 0 saturated carbocycles. The highest BCUT2D eigenvalue weighted by molar-refractivity contribution is 7.18. The summed E-state index contributed by atoms with van der Waals surface area (Å²) < 4.78 is 6.56. The van der Waals surface area contributed by atoms with Gasteiger partial charge in [0, 0.05) is 12.8 Å². The third-order valence-corrected chi connectivity index (χ3v) is 4.90. The van der Waals surface area contributed by atoms with Crippen LogP contribution in [-0.4, -0.2) is 22.5 Å². The van der Waals surface area contributed by atoms with E-state index in [1.54, 1.807) is 30.4 Å². The molecule has 0 aliphatic carbocycles. The van der Waals surface area contributed by atoms with Gasteiger partial charge in [0.05, 0.1) is 21.8 Å². The molecule has 126 valence electrons. The normalized spacial score (nSPS) is 13.8. The summed E-state index contributed by atoms with van der Waals surface area (Å²) in [5.74, 6) is 1.07. The molecule has 6 heteroatoms. The maximum absolute atomic E-state index is 12.0. The topological polar surface area (TPSA) is 75.4 Å². The van der Waals surface area contributed by atoms with Crippen molar-refractivity contribution in [1.29, 1.82) is 0 Å². The van der Waals surface area contributed by atoms with Crippen molar-refractivity contribution in [2.75, 3.05) is 6.54 Å². The van der Waals surface area contributed by atoms with Crippen molar-refractivity contribution >= 4 is 27.5 Å². The minimum atomic E-state index is -1.22. The first-order chi connectivity index (χ1) is 11.4. The van der Waals surface area contributed by atoms with Crippen LogP contribution in [0.4, 0.5) is 0 Å². The van der Waals surface area contributed by atoms with Crippen molar-refractivity contribution < 1.29 is 14.3 Å². The monoisotopic (exact) mass is 344 g/mol. The van der Waals surface area contributed by atoms with E-state index >= 15 is 0 Å². The second-order valence-corrected chi connectivity index (χ2v) is 7.15. The summed E-state index contributed by atoms with van der Waals surface area (Å²) >= 11 is 1.61. The van der Waals surface area contributed by atoms with Crippen LogP contribution in [0.1, 0.15) is 29.9 Å². The fourth-order valence-corrected chi connectivity index (χ4v) is 3.38. The number of benzene rings is 1. The van der Waals surface area contributed by atoms with Crippen LogP contribution in [0, 0.1) is 6.92 Å². The molecule has 0 saturated heterocycles. The number of carbonyl (C=O) groups excluding carboxylic acids is 1. The molecule has 0 radical (unpaired) electrons. The van der Waals surface area contributed by atoms with Gasteiger partial charge in [-0.2, -0.15) is 0 Å². The van der Waals surface area contributed by atoms with Crippen molar-refractivity contribution in [1.82, 2.24) is 10.3 Å². The standard InChI is InChI=1S/C18H20N2O3S/c1-12-7-8-15(23-12)18(2,22)11-19-16(21)9-10-17-20-13-5-3-4-6-14(13)24-17/h3-8,22H,9-11H2,1-2H3,(H,19,21). The molecule has 0 spiro atoms. The van der Waals surface area contributed by atoms with Gasteiger partial charge in [0.2, 0.25) is 5.91 Å². The number of aliphatic hydroxyl groups is 1. The fourth-order valence-electron chi connectivity index (χ4n) is 2.42. The molecular weight excluding hydrogens is 324 g/mol. The van der Waals surface area contributed by atoms with Gasteiger partial charge in [0.25, 0.3) is 0 Å². The SMILES string of the molecule is Cc1ccc(C(C)(O)CNC(=O)CCc2nc3ccccc3s2)o1. The smallest absolute Gasteiger partial charge is 0.220 e. The van der Waals surface area contributed by atoms with Crippen molar-refractivity contribution in [2.45, 2.75) is 32.3 Å². The number of fused-ring (bicyclic) bond motifs is 1. The lowest BCUT2D eigenvalue weighted by Crippen LogP contribution is -2.38. The van der Waals surface area contributed by atoms with Crippen molar-refractivity contribution in [3.63, 3.8) is 0 Å². The van der Waals surface area contributed by atoms with Crippen molar-refractivity contribution in [3.05, 3.63) is 52.9 Å². The number of aromatic nitrogens is 1. The van der Waals surface area contributed by atoms with Crippen LogP contribution in [0.25, 0.3) is 10.2 Å². The zero-order valence-electron chi connectivity index (χ0n) is 13.7. The quantitative estimate of drug-likeness (QED) is 0.720. The molecule has 1 atom stereocenters. The molecule has 2 heterocycles. The number of para-hydroxylation sites is 1. The molecule has 0 aliphatic heterocycles. The van der Waals surface area contributed by atoms with E-state index in [9.17, 15) is 9.90 Å².